The van der Waals surface area contributed by atoms with Crippen LogP contribution in [-0.4, -0.2) is 20.1 Å². The van der Waals surface area contributed by atoms with Crippen molar-refractivity contribution >= 4 is 51.6 Å². The van der Waals surface area contributed by atoms with Gasteiger partial charge in [-0.3, -0.25) is 0 Å². The Hall–Kier alpha value is -2.67. The first kappa shape index (κ1) is 24.0. The minimum atomic E-state index is 0.436. The van der Waals surface area contributed by atoms with Gasteiger partial charge in [0.2, 0.25) is 0 Å². The first-order valence-corrected chi connectivity index (χ1v) is 11.3. The fraction of sp³-hybridized carbons (Fsp3) is 0.130. The number of rotatable bonds is 2. The SMILES string of the molecule is C#Cc1ccnc(Cl)c1.Clc1cc(I)ccn1.Nc1cc(-c2cc(C3CC3)no2)ccn1. The molecule has 5 rings (SSSR count). The zero-order valence-corrected chi connectivity index (χ0v) is 20.4. The van der Waals surface area contributed by atoms with Crippen LogP contribution >= 0.6 is 45.8 Å². The van der Waals surface area contributed by atoms with E-state index in [2.05, 4.69) is 48.6 Å². The summed E-state index contributed by atoms with van der Waals surface area (Å²) in [4.78, 5) is 11.5. The predicted molar refractivity (Wildman–Crippen MR) is 135 cm³/mol. The maximum Gasteiger partial charge on any atom is 0.167 e. The molecule has 6 nitrogen and oxygen atoms in total. The maximum atomic E-state index is 5.60. The molecule has 32 heavy (non-hydrogen) atoms. The summed E-state index contributed by atoms with van der Waals surface area (Å²) in [6.45, 7) is 0. The fourth-order valence-electron chi connectivity index (χ4n) is 2.47. The van der Waals surface area contributed by atoms with Crippen LogP contribution in [0.25, 0.3) is 11.3 Å². The summed E-state index contributed by atoms with van der Waals surface area (Å²) in [7, 11) is 0. The first-order chi connectivity index (χ1) is 15.4. The van der Waals surface area contributed by atoms with Crippen molar-refractivity contribution < 1.29 is 4.52 Å². The second-order valence-electron chi connectivity index (χ2n) is 6.67. The molecule has 0 unspecified atom stereocenters. The molecular weight excluding hydrogens is 560 g/mol. The van der Waals surface area contributed by atoms with Gasteiger partial charge in [-0.05, 0) is 71.8 Å². The number of halogens is 3. The highest BCUT2D eigenvalue weighted by atomic mass is 127. The number of aromatic nitrogens is 4. The van der Waals surface area contributed by atoms with Crippen LogP contribution in [0.15, 0.2) is 65.6 Å². The van der Waals surface area contributed by atoms with Crippen LogP contribution < -0.4 is 5.73 Å². The largest absolute Gasteiger partial charge is 0.384 e. The topological polar surface area (TPSA) is 90.7 Å². The lowest BCUT2D eigenvalue weighted by Crippen LogP contribution is -1.88. The lowest BCUT2D eigenvalue weighted by atomic mass is 10.2. The summed E-state index contributed by atoms with van der Waals surface area (Å²) >= 11 is 13.2. The quantitative estimate of drug-likeness (QED) is 0.172. The van der Waals surface area contributed by atoms with Crippen LogP contribution in [0.4, 0.5) is 5.82 Å². The van der Waals surface area contributed by atoms with E-state index >= 15 is 0 Å². The lowest BCUT2D eigenvalue weighted by molar-refractivity contribution is 0.424. The van der Waals surface area contributed by atoms with E-state index in [4.69, 9.17) is 39.9 Å². The van der Waals surface area contributed by atoms with Gasteiger partial charge >= 0.3 is 0 Å². The summed E-state index contributed by atoms with van der Waals surface area (Å²) < 4.78 is 6.39. The second-order valence-corrected chi connectivity index (χ2v) is 8.69. The summed E-state index contributed by atoms with van der Waals surface area (Å²) in [5.41, 5.74) is 8.35. The second kappa shape index (κ2) is 11.8. The van der Waals surface area contributed by atoms with E-state index in [1.807, 2.05) is 24.3 Å². The Bertz CT molecular complexity index is 1200. The number of terminal acetylenes is 1. The molecule has 4 heterocycles. The van der Waals surface area contributed by atoms with Crippen molar-refractivity contribution in [3.05, 3.63) is 86.2 Å². The third-order valence-corrected chi connectivity index (χ3v) is 5.26. The third kappa shape index (κ3) is 7.79. The van der Waals surface area contributed by atoms with Crippen LogP contribution in [0.3, 0.4) is 0 Å². The van der Waals surface area contributed by atoms with Gasteiger partial charge in [0.15, 0.2) is 5.76 Å². The molecule has 1 aliphatic rings. The van der Waals surface area contributed by atoms with Crippen molar-refractivity contribution in [2.45, 2.75) is 18.8 Å². The van der Waals surface area contributed by atoms with E-state index in [0.29, 0.717) is 22.0 Å². The number of nitrogen functional groups attached to an aromatic ring is 1. The molecule has 2 N–H and O–H groups in total. The molecule has 1 aliphatic carbocycles. The van der Waals surface area contributed by atoms with Gasteiger partial charge in [0.25, 0.3) is 0 Å². The Morgan fingerprint density at radius 2 is 1.66 bits per heavy atom. The molecule has 0 radical (unpaired) electrons. The van der Waals surface area contributed by atoms with Crippen molar-refractivity contribution in [2.75, 3.05) is 5.73 Å². The van der Waals surface area contributed by atoms with Gasteiger partial charge in [-0.25, -0.2) is 15.0 Å². The molecule has 162 valence electrons. The van der Waals surface area contributed by atoms with Crippen LogP contribution in [-0.2, 0) is 0 Å². The van der Waals surface area contributed by atoms with Gasteiger partial charge in [-0.15, -0.1) is 6.42 Å². The molecule has 4 aromatic rings. The molecule has 4 aromatic heterocycles. The zero-order valence-electron chi connectivity index (χ0n) is 16.8. The monoisotopic (exact) mass is 577 g/mol. The molecule has 9 heteroatoms. The fourth-order valence-corrected chi connectivity index (χ4v) is 3.46. The standard InChI is InChI=1S/C11H11N3O.C7H4ClN.C5H3ClIN/c12-11-5-8(3-4-13-11)10-6-9(14-15-10)7-1-2-7;1-2-6-3-4-9-7(8)5-6;6-5-3-4(7)1-2-8-5/h3-7H,1-2H2,(H2,12,13);1,3-5H;1-3H. The normalized spacial score (nSPS) is 11.9. The van der Waals surface area contributed by atoms with Crippen LogP contribution in [0, 0.1) is 15.9 Å². The van der Waals surface area contributed by atoms with Gasteiger partial charge in [0.1, 0.15) is 16.1 Å². The number of hydrogen-bond acceptors (Lipinski definition) is 6. The molecular formula is C23H18Cl2IN5O. The minimum absolute atomic E-state index is 0.436. The number of anilines is 1. The zero-order chi connectivity index (χ0) is 22.9. The number of pyridine rings is 3. The molecule has 0 aromatic carbocycles. The average Bonchev–Trinajstić information content (AvgIpc) is 3.51. The summed E-state index contributed by atoms with van der Waals surface area (Å²) in [5.74, 6) is 4.32. The van der Waals surface area contributed by atoms with Crippen molar-refractivity contribution in [3.8, 4) is 23.7 Å². The van der Waals surface area contributed by atoms with E-state index in [-0.39, 0.29) is 0 Å². The molecule has 0 spiro atoms. The van der Waals surface area contributed by atoms with E-state index in [1.165, 1.54) is 12.8 Å². The molecule has 0 atom stereocenters. The van der Waals surface area contributed by atoms with Crippen LogP contribution in [0.1, 0.15) is 30.0 Å². The summed E-state index contributed by atoms with van der Waals surface area (Å²) in [6.07, 6.45) is 12.5. The molecule has 1 saturated carbocycles. The Morgan fingerprint density at radius 1 is 0.969 bits per heavy atom. The Morgan fingerprint density at radius 3 is 2.19 bits per heavy atom. The van der Waals surface area contributed by atoms with E-state index in [0.717, 1.165) is 26.2 Å². The van der Waals surface area contributed by atoms with Crippen molar-refractivity contribution in [2.24, 2.45) is 0 Å². The molecule has 0 bridgehead atoms. The van der Waals surface area contributed by atoms with Crippen molar-refractivity contribution in [3.63, 3.8) is 0 Å². The highest BCUT2D eigenvalue weighted by Crippen LogP contribution is 2.40. The van der Waals surface area contributed by atoms with Gasteiger partial charge in [-0.2, -0.15) is 0 Å². The van der Waals surface area contributed by atoms with Crippen molar-refractivity contribution in [1.29, 1.82) is 0 Å². The Labute approximate surface area is 209 Å². The van der Waals surface area contributed by atoms with E-state index in [1.54, 1.807) is 36.8 Å². The highest BCUT2D eigenvalue weighted by Gasteiger charge is 2.27. The third-order valence-electron chi connectivity index (χ3n) is 4.17. The van der Waals surface area contributed by atoms with Crippen molar-refractivity contribution in [1.82, 2.24) is 20.1 Å². The lowest BCUT2D eigenvalue weighted by Gasteiger charge is -1.95. The van der Waals surface area contributed by atoms with Gasteiger partial charge in [-0.1, -0.05) is 34.3 Å². The number of hydrogen-bond donors (Lipinski definition) is 1. The average molecular weight is 578 g/mol. The summed E-state index contributed by atoms with van der Waals surface area (Å²) in [6, 6.07) is 12.7. The number of nitrogens with two attached hydrogens (primary N) is 1. The number of nitrogens with zero attached hydrogens (tertiary/aromatic N) is 4. The highest BCUT2D eigenvalue weighted by molar-refractivity contribution is 14.1. The van der Waals surface area contributed by atoms with E-state index in [9.17, 15) is 0 Å². The molecule has 0 saturated heterocycles. The summed E-state index contributed by atoms with van der Waals surface area (Å²) in [5, 5.41) is 5.04. The Balaban J connectivity index is 0.000000147. The molecule has 0 amide bonds. The smallest absolute Gasteiger partial charge is 0.167 e. The Kier molecular flexibility index (Phi) is 8.85. The van der Waals surface area contributed by atoms with Gasteiger partial charge in [0, 0.05) is 45.3 Å². The van der Waals surface area contributed by atoms with Gasteiger partial charge < -0.3 is 10.3 Å². The molecule has 1 fully saturated rings. The van der Waals surface area contributed by atoms with E-state index < -0.39 is 0 Å². The maximum absolute atomic E-state index is 5.60. The van der Waals surface area contributed by atoms with Gasteiger partial charge in [0.05, 0.1) is 5.69 Å². The minimum Gasteiger partial charge on any atom is -0.384 e. The predicted octanol–water partition coefficient (Wildman–Crippen LogP) is 6.25. The first-order valence-electron chi connectivity index (χ1n) is 9.48. The van der Waals surface area contributed by atoms with Crippen LogP contribution in [0.5, 0.6) is 0 Å². The van der Waals surface area contributed by atoms with Crippen LogP contribution in [0.2, 0.25) is 10.3 Å². The molecule has 0 aliphatic heterocycles.